The maximum Gasteiger partial charge on any atom is 0.325 e. The topological polar surface area (TPSA) is 92.9 Å². The highest BCUT2D eigenvalue weighted by Crippen LogP contribution is 2.19. The molecule has 0 aromatic carbocycles. The van der Waals surface area contributed by atoms with Crippen LogP contribution in [0.1, 0.15) is 27.2 Å². The molecule has 1 aliphatic rings. The van der Waals surface area contributed by atoms with Crippen LogP contribution < -0.4 is 5.73 Å². The van der Waals surface area contributed by atoms with E-state index in [1.54, 1.807) is 0 Å². The largest absolute Gasteiger partial charge is 0.480 e. The Morgan fingerprint density at radius 1 is 1.47 bits per heavy atom. The number of rotatable bonds is 3. The second-order valence-corrected chi connectivity index (χ2v) is 5.43. The number of aliphatic carboxylic acids is 1. The van der Waals surface area contributed by atoms with Crippen LogP contribution in [0.4, 0.5) is 0 Å². The quantitative estimate of drug-likeness (QED) is 0.718. The lowest BCUT2D eigenvalue weighted by Crippen LogP contribution is -2.51. The van der Waals surface area contributed by atoms with E-state index in [9.17, 15) is 9.59 Å². The minimum atomic E-state index is -1.31. The number of nitrogens with zero attached hydrogens (tertiary/aromatic N) is 1. The molecule has 1 saturated heterocycles. The van der Waals surface area contributed by atoms with E-state index in [-0.39, 0.29) is 31.1 Å². The Morgan fingerprint density at radius 2 is 2.06 bits per heavy atom. The van der Waals surface area contributed by atoms with E-state index in [1.165, 1.54) is 4.90 Å². The van der Waals surface area contributed by atoms with Gasteiger partial charge >= 0.3 is 5.97 Å². The summed E-state index contributed by atoms with van der Waals surface area (Å²) < 4.78 is 5.35. The van der Waals surface area contributed by atoms with Gasteiger partial charge < -0.3 is 20.5 Å². The van der Waals surface area contributed by atoms with E-state index in [2.05, 4.69) is 0 Å². The number of hydrogen-bond acceptors (Lipinski definition) is 4. The molecule has 6 heteroatoms. The molecule has 1 heterocycles. The van der Waals surface area contributed by atoms with Crippen molar-refractivity contribution in [3.8, 4) is 0 Å². The SMILES string of the molecule is CC(C)(C)OCC(=O)N1CCC(N)(C(=O)O)C1. The summed E-state index contributed by atoms with van der Waals surface area (Å²) in [4.78, 5) is 24.1. The third-order valence-electron chi connectivity index (χ3n) is 2.71. The number of likely N-dealkylation sites (tertiary alicyclic amines) is 1. The van der Waals surface area contributed by atoms with Crippen molar-refractivity contribution in [3.63, 3.8) is 0 Å². The van der Waals surface area contributed by atoms with Crippen LogP contribution in [0.3, 0.4) is 0 Å². The molecule has 1 aliphatic heterocycles. The monoisotopic (exact) mass is 244 g/mol. The zero-order valence-corrected chi connectivity index (χ0v) is 10.5. The Balaban J connectivity index is 2.49. The van der Waals surface area contributed by atoms with Crippen molar-refractivity contribution in [2.75, 3.05) is 19.7 Å². The number of nitrogens with two attached hydrogens (primary N) is 1. The van der Waals surface area contributed by atoms with Gasteiger partial charge in [-0.1, -0.05) is 0 Å². The standard InChI is InChI=1S/C11H20N2O4/c1-10(2,3)17-6-8(14)13-5-4-11(12,7-13)9(15)16/h4-7,12H2,1-3H3,(H,15,16). The molecule has 17 heavy (non-hydrogen) atoms. The summed E-state index contributed by atoms with van der Waals surface area (Å²) in [6.07, 6.45) is 0.281. The molecular formula is C11H20N2O4. The Labute approximate surface area is 101 Å². The molecular weight excluding hydrogens is 224 g/mol. The molecule has 0 radical (unpaired) electrons. The number of ether oxygens (including phenoxy) is 1. The Hall–Kier alpha value is -1.14. The van der Waals surface area contributed by atoms with E-state index in [0.29, 0.717) is 6.54 Å². The van der Waals surface area contributed by atoms with Gasteiger partial charge in [0.1, 0.15) is 12.1 Å². The molecule has 1 rings (SSSR count). The van der Waals surface area contributed by atoms with Crippen molar-refractivity contribution in [2.45, 2.75) is 38.3 Å². The molecule has 0 aromatic heterocycles. The van der Waals surface area contributed by atoms with Crippen molar-refractivity contribution in [2.24, 2.45) is 5.73 Å². The van der Waals surface area contributed by atoms with Crippen LogP contribution in [0.15, 0.2) is 0 Å². The van der Waals surface area contributed by atoms with Gasteiger partial charge in [0.2, 0.25) is 5.91 Å². The Bertz CT molecular complexity index is 324. The highest BCUT2D eigenvalue weighted by Gasteiger charge is 2.42. The van der Waals surface area contributed by atoms with Crippen LogP contribution >= 0.6 is 0 Å². The van der Waals surface area contributed by atoms with E-state index >= 15 is 0 Å². The molecule has 0 spiro atoms. The second-order valence-electron chi connectivity index (χ2n) is 5.43. The molecule has 1 fully saturated rings. The maximum absolute atomic E-state index is 11.8. The first-order valence-electron chi connectivity index (χ1n) is 5.58. The van der Waals surface area contributed by atoms with Crippen LogP contribution in [0.2, 0.25) is 0 Å². The second kappa shape index (κ2) is 4.62. The fraction of sp³-hybridized carbons (Fsp3) is 0.818. The molecule has 0 bridgehead atoms. The van der Waals surface area contributed by atoms with E-state index in [0.717, 1.165) is 0 Å². The van der Waals surface area contributed by atoms with Crippen LogP contribution in [-0.2, 0) is 14.3 Å². The number of amides is 1. The molecule has 3 N–H and O–H groups in total. The van der Waals surface area contributed by atoms with Crippen LogP contribution in [-0.4, -0.2) is 52.7 Å². The van der Waals surface area contributed by atoms with Gasteiger partial charge in [-0.05, 0) is 27.2 Å². The van der Waals surface area contributed by atoms with Crippen LogP contribution in [0.25, 0.3) is 0 Å². The molecule has 1 unspecified atom stereocenters. The fourth-order valence-corrected chi connectivity index (χ4v) is 1.59. The molecule has 0 aliphatic carbocycles. The first-order chi connectivity index (χ1) is 7.64. The molecule has 0 aromatic rings. The average Bonchev–Trinajstić information content (AvgIpc) is 2.58. The van der Waals surface area contributed by atoms with Crippen LogP contribution in [0.5, 0.6) is 0 Å². The van der Waals surface area contributed by atoms with Crippen molar-refractivity contribution in [1.82, 2.24) is 4.90 Å². The summed E-state index contributed by atoms with van der Waals surface area (Å²) in [5.41, 5.74) is 3.98. The van der Waals surface area contributed by atoms with Crippen molar-refractivity contribution in [1.29, 1.82) is 0 Å². The number of carbonyl (C=O) groups is 2. The number of hydrogen-bond donors (Lipinski definition) is 2. The fourth-order valence-electron chi connectivity index (χ4n) is 1.59. The predicted octanol–water partition coefficient (Wildman–Crippen LogP) is -0.184. The normalized spacial score (nSPS) is 25.1. The molecule has 0 saturated carbocycles. The van der Waals surface area contributed by atoms with Gasteiger partial charge in [-0.25, -0.2) is 0 Å². The van der Waals surface area contributed by atoms with Gasteiger partial charge in [0.25, 0.3) is 0 Å². The minimum Gasteiger partial charge on any atom is -0.480 e. The zero-order valence-electron chi connectivity index (χ0n) is 10.5. The Morgan fingerprint density at radius 3 is 2.47 bits per heavy atom. The minimum absolute atomic E-state index is 0.0425. The Kier molecular flexibility index (Phi) is 3.78. The van der Waals surface area contributed by atoms with Crippen molar-refractivity contribution in [3.05, 3.63) is 0 Å². The number of carboxylic acids is 1. The third-order valence-corrected chi connectivity index (χ3v) is 2.71. The molecule has 6 nitrogen and oxygen atoms in total. The lowest BCUT2D eigenvalue weighted by atomic mass is 10.0. The van der Waals surface area contributed by atoms with E-state index in [4.69, 9.17) is 15.6 Å². The summed E-state index contributed by atoms with van der Waals surface area (Å²) in [7, 11) is 0. The smallest absolute Gasteiger partial charge is 0.325 e. The zero-order chi connectivity index (χ0) is 13.3. The number of carbonyl (C=O) groups excluding carboxylic acids is 1. The lowest BCUT2D eigenvalue weighted by molar-refractivity contribution is -0.144. The van der Waals surface area contributed by atoms with Gasteiger partial charge in [-0.3, -0.25) is 9.59 Å². The van der Waals surface area contributed by atoms with Crippen molar-refractivity contribution < 1.29 is 19.4 Å². The summed E-state index contributed by atoms with van der Waals surface area (Å²) in [5.74, 6) is -1.28. The first kappa shape index (κ1) is 13.9. The van der Waals surface area contributed by atoms with Gasteiger partial charge in [0, 0.05) is 13.1 Å². The van der Waals surface area contributed by atoms with Crippen molar-refractivity contribution >= 4 is 11.9 Å². The van der Waals surface area contributed by atoms with Gasteiger partial charge in [-0.15, -0.1) is 0 Å². The lowest BCUT2D eigenvalue weighted by Gasteiger charge is -2.23. The van der Waals surface area contributed by atoms with E-state index < -0.39 is 11.5 Å². The first-order valence-corrected chi connectivity index (χ1v) is 5.58. The highest BCUT2D eigenvalue weighted by molar-refractivity contribution is 5.83. The molecule has 98 valence electrons. The number of carboxylic acid groups (broad SMARTS) is 1. The average molecular weight is 244 g/mol. The van der Waals surface area contributed by atoms with E-state index in [1.807, 2.05) is 20.8 Å². The van der Waals surface area contributed by atoms with Gasteiger partial charge in [0.15, 0.2) is 0 Å². The van der Waals surface area contributed by atoms with Crippen LogP contribution in [0, 0.1) is 0 Å². The summed E-state index contributed by atoms with van der Waals surface area (Å²) in [6, 6.07) is 0. The molecule has 1 atom stereocenters. The molecule has 1 amide bonds. The summed E-state index contributed by atoms with van der Waals surface area (Å²) in [6.45, 7) is 5.95. The summed E-state index contributed by atoms with van der Waals surface area (Å²) in [5, 5.41) is 8.94. The predicted molar refractivity (Wildman–Crippen MR) is 61.5 cm³/mol. The van der Waals surface area contributed by atoms with Gasteiger partial charge in [0.05, 0.1) is 5.60 Å². The third kappa shape index (κ3) is 3.67. The highest BCUT2D eigenvalue weighted by atomic mass is 16.5. The maximum atomic E-state index is 11.8. The summed E-state index contributed by atoms with van der Waals surface area (Å²) >= 11 is 0. The van der Waals surface area contributed by atoms with Gasteiger partial charge in [-0.2, -0.15) is 0 Å².